The lowest BCUT2D eigenvalue weighted by Gasteiger charge is -2.31. The van der Waals surface area contributed by atoms with E-state index in [1.807, 2.05) is 21.1 Å². The molecule has 0 aromatic heterocycles. The van der Waals surface area contributed by atoms with Gasteiger partial charge in [-0.1, -0.05) is 128 Å². The molecule has 0 aromatic carbocycles. The van der Waals surface area contributed by atoms with E-state index in [1.54, 1.807) is 0 Å². The van der Waals surface area contributed by atoms with E-state index in [2.05, 4.69) is 38.2 Å². The fourth-order valence-corrected chi connectivity index (χ4v) is 5.54. The number of carbonyl (C=O) groups excluding carboxylic acids is 2. The summed E-state index contributed by atoms with van der Waals surface area (Å²) in [6.45, 7) is 4.64. The summed E-state index contributed by atoms with van der Waals surface area (Å²) >= 11 is 0. The molecule has 2 atom stereocenters. The highest BCUT2D eigenvalue weighted by molar-refractivity contribution is 5.72. The highest BCUT2D eigenvalue weighted by Crippen LogP contribution is 2.14. The molecule has 48 heavy (non-hydrogen) atoms. The molecule has 0 rings (SSSR count). The lowest BCUT2D eigenvalue weighted by molar-refractivity contribution is -0.887. The molecule has 1 N–H and O–H groups in total. The van der Waals surface area contributed by atoms with Crippen molar-refractivity contribution in [1.82, 2.24) is 0 Å². The van der Waals surface area contributed by atoms with Crippen LogP contribution in [0.1, 0.15) is 162 Å². The van der Waals surface area contributed by atoms with Crippen molar-refractivity contribution in [3.8, 4) is 0 Å². The van der Waals surface area contributed by atoms with Gasteiger partial charge < -0.3 is 23.8 Å². The number of allylic oxidation sites excluding steroid dienone is 4. The van der Waals surface area contributed by atoms with Crippen LogP contribution in [-0.4, -0.2) is 80.6 Å². The van der Waals surface area contributed by atoms with Crippen molar-refractivity contribution in [3.05, 3.63) is 24.3 Å². The topological polar surface area (TPSA) is 99.1 Å². The van der Waals surface area contributed by atoms with Crippen molar-refractivity contribution >= 4 is 17.9 Å². The monoisotopic (exact) mass is 681 g/mol. The number of unbranched alkanes of at least 4 members (excludes halogenated alkanes) is 16. The minimum atomic E-state index is -0.878. The van der Waals surface area contributed by atoms with Crippen molar-refractivity contribution in [2.24, 2.45) is 0 Å². The minimum absolute atomic E-state index is 0.0534. The number of ether oxygens (including phenoxy) is 3. The Hall–Kier alpha value is -2.19. The largest absolute Gasteiger partial charge is 0.477 e. The van der Waals surface area contributed by atoms with Gasteiger partial charge in [-0.25, -0.2) is 4.79 Å². The summed E-state index contributed by atoms with van der Waals surface area (Å²) in [7, 11) is 5.51. The molecule has 280 valence electrons. The van der Waals surface area contributed by atoms with Crippen LogP contribution in [0.5, 0.6) is 0 Å². The molecule has 8 heteroatoms. The van der Waals surface area contributed by atoms with Crippen molar-refractivity contribution in [3.63, 3.8) is 0 Å². The Morgan fingerprint density at radius 2 is 1.15 bits per heavy atom. The van der Waals surface area contributed by atoms with Crippen LogP contribution >= 0.6 is 0 Å². The lowest BCUT2D eigenvalue weighted by Crippen LogP contribution is -2.50. The van der Waals surface area contributed by atoms with E-state index < -0.39 is 18.1 Å². The molecule has 8 nitrogen and oxygen atoms in total. The fraction of sp³-hybridized carbons (Fsp3) is 0.825. The van der Waals surface area contributed by atoms with Crippen LogP contribution in [0.15, 0.2) is 24.3 Å². The molecule has 0 aliphatic carbocycles. The maximum Gasteiger partial charge on any atom is 0.362 e. The molecule has 0 radical (unpaired) electrons. The number of hydrogen-bond donors (Lipinski definition) is 1. The molecule has 0 aliphatic rings. The second kappa shape index (κ2) is 32.0. The van der Waals surface area contributed by atoms with Gasteiger partial charge in [0, 0.05) is 19.3 Å². The Bertz CT molecular complexity index is 849. The zero-order valence-electron chi connectivity index (χ0n) is 31.7. The van der Waals surface area contributed by atoms with E-state index in [-0.39, 0.29) is 36.2 Å². The molecular weight excluding hydrogens is 606 g/mol. The third-order valence-corrected chi connectivity index (χ3v) is 8.58. The van der Waals surface area contributed by atoms with Gasteiger partial charge >= 0.3 is 17.9 Å². The minimum Gasteiger partial charge on any atom is -0.477 e. The smallest absolute Gasteiger partial charge is 0.362 e. The summed E-state index contributed by atoms with van der Waals surface area (Å²) in [4.78, 5) is 36.7. The maximum atomic E-state index is 12.6. The number of hydrogen-bond acceptors (Lipinski definition) is 6. The Morgan fingerprint density at radius 3 is 1.69 bits per heavy atom. The van der Waals surface area contributed by atoms with Crippen LogP contribution in [0.4, 0.5) is 0 Å². The first-order valence-corrected chi connectivity index (χ1v) is 19.4. The average Bonchev–Trinajstić information content (AvgIpc) is 3.03. The predicted molar refractivity (Wildman–Crippen MR) is 197 cm³/mol. The quantitative estimate of drug-likeness (QED) is 0.0313. The number of carboxylic acid groups (broad SMARTS) is 1. The van der Waals surface area contributed by atoms with Gasteiger partial charge in [-0.2, -0.15) is 0 Å². The molecule has 0 bridgehead atoms. The van der Waals surface area contributed by atoms with Crippen LogP contribution in [0, 0.1) is 0 Å². The van der Waals surface area contributed by atoms with Gasteiger partial charge in [-0.15, -0.1) is 0 Å². The number of likely N-dealkylation sites (N-methyl/N-ethyl adjacent to an activating group) is 1. The van der Waals surface area contributed by atoms with Crippen LogP contribution < -0.4 is 0 Å². The first-order chi connectivity index (χ1) is 23.1. The summed E-state index contributed by atoms with van der Waals surface area (Å²) in [5.74, 6) is -1.48. The maximum absolute atomic E-state index is 12.6. The number of nitrogens with zero attached hydrogens (tertiary/aromatic N) is 1. The molecular formula is C40H74NO7+. The molecule has 0 saturated heterocycles. The highest BCUT2D eigenvalue weighted by atomic mass is 16.6. The lowest BCUT2D eigenvalue weighted by atomic mass is 10.1. The normalized spacial score (nSPS) is 13.3. The van der Waals surface area contributed by atoms with Crippen LogP contribution in [0.2, 0.25) is 0 Å². The third-order valence-electron chi connectivity index (χ3n) is 8.58. The number of rotatable bonds is 34. The average molecular weight is 681 g/mol. The molecule has 0 spiro atoms. The van der Waals surface area contributed by atoms with E-state index in [4.69, 9.17) is 14.2 Å². The Balaban J connectivity index is 4.44. The number of carbonyl (C=O) groups is 3. The molecule has 2 unspecified atom stereocenters. The van der Waals surface area contributed by atoms with E-state index in [0.717, 1.165) is 70.6 Å². The molecule has 0 heterocycles. The second-order valence-corrected chi connectivity index (χ2v) is 14.2. The summed E-state index contributed by atoms with van der Waals surface area (Å²) < 4.78 is 17.2. The Kier molecular flexibility index (Phi) is 30.6. The van der Waals surface area contributed by atoms with Crippen molar-refractivity contribution in [2.75, 3.05) is 41.0 Å². The Labute approximate surface area is 294 Å². The first-order valence-electron chi connectivity index (χ1n) is 19.4. The molecule has 0 fully saturated rings. The predicted octanol–water partition coefficient (Wildman–Crippen LogP) is 9.74. The number of carboxylic acids is 1. The van der Waals surface area contributed by atoms with Crippen molar-refractivity contribution < 1.29 is 38.2 Å². The summed E-state index contributed by atoms with van der Waals surface area (Å²) in [5, 5.41) is 9.58. The van der Waals surface area contributed by atoms with Gasteiger partial charge in [0.2, 0.25) is 0 Å². The van der Waals surface area contributed by atoms with Crippen molar-refractivity contribution in [2.45, 2.75) is 174 Å². The molecule has 0 aromatic rings. The first kappa shape index (κ1) is 45.8. The van der Waals surface area contributed by atoms with E-state index in [0.29, 0.717) is 19.3 Å². The van der Waals surface area contributed by atoms with Crippen LogP contribution in [0.3, 0.4) is 0 Å². The van der Waals surface area contributed by atoms with E-state index in [9.17, 15) is 19.5 Å². The van der Waals surface area contributed by atoms with Crippen molar-refractivity contribution in [1.29, 1.82) is 0 Å². The highest BCUT2D eigenvalue weighted by Gasteiger charge is 2.31. The SMILES string of the molecule is CCC/C=C\C/C=C\CCCCCCCC(=O)OC(COCCC(C(=O)O)[N+](C)(C)C)COC(=O)CCCCCCCCCCCCC. The summed E-state index contributed by atoms with van der Waals surface area (Å²) in [6, 6.07) is -0.613. The number of quaternary nitrogens is 1. The van der Waals surface area contributed by atoms with E-state index >= 15 is 0 Å². The van der Waals surface area contributed by atoms with Gasteiger partial charge in [0.25, 0.3) is 0 Å². The zero-order chi connectivity index (χ0) is 35.7. The Morgan fingerprint density at radius 1 is 0.625 bits per heavy atom. The second-order valence-electron chi connectivity index (χ2n) is 14.2. The van der Waals surface area contributed by atoms with Crippen LogP contribution in [-0.2, 0) is 28.6 Å². The van der Waals surface area contributed by atoms with Gasteiger partial charge in [0.1, 0.15) is 6.61 Å². The molecule has 0 amide bonds. The van der Waals surface area contributed by atoms with Gasteiger partial charge in [-0.3, -0.25) is 9.59 Å². The zero-order valence-corrected chi connectivity index (χ0v) is 31.7. The molecule has 0 saturated carbocycles. The number of aliphatic carboxylic acids is 1. The number of esters is 2. The summed E-state index contributed by atoms with van der Waals surface area (Å²) in [6.07, 6.45) is 32.1. The van der Waals surface area contributed by atoms with Crippen LogP contribution in [0.25, 0.3) is 0 Å². The molecule has 0 aliphatic heterocycles. The van der Waals surface area contributed by atoms with Gasteiger partial charge in [0.05, 0.1) is 34.4 Å². The summed E-state index contributed by atoms with van der Waals surface area (Å²) in [5.41, 5.74) is 0. The standard InChI is InChI=1S/C40H73NO7/c1-6-8-10-12-14-16-18-19-21-23-25-27-29-31-39(43)48-36(34-46-33-32-37(40(44)45)41(3,4)5)35-47-38(42)30-28-26-24-22-20-17-15-13-11-9-7-2/h10,12,16,18,36-37H,6-9,11,13-15,17,19-35H2,1-5H3/p+1/b12-10-,18-16-. The van der Waals surface area contributed by atoms with Gasteiger partial charge in [-0.05, 0) is 38.5 Å². The van der Waals surface area contributed by atoms with Gasteiger partial charge in [0.15, 0.2) is 12.1 Å². The van der Waals surface area contributed by atoms with E-state index in [1.165, 1.54) is 57.8 Å². The third kappa shape index (κ3) is 29.9. The fourth-order valence-electron chi connectivity index (χ4n) is 5.54.